The normalized spacial score (nSPS) is 33.8. The Morgan fingerprint density at radius 1 is 1.24 bits per heavy atom. The largest absolute Gasteiger partial charge is 0.368 e. The van der Waals surface area contributed by atoms with Crippen molar-refractivity contribution in [3.8, 4) is 0 Å². The lowest BCUT2D eigenvalue weighted by Crippen LogP contribution is -2.36. The summed E-state index contributed by atoms with van der Waals surface area (Å²) >= 11 is 0. The molecule has 2 saturated heterocycles. The number of hydrogen-bond acceptors (Lipinski definition) is 4. The van der Waals surface area contributed by atoms with Crippen molar-refractivity contribution in [3.63, 3.8) is 0 Å². The average Bonchev–Trinajstić information content (AvgIpc) is 2.90. The van der Waals surface area contributed by atoms with Crippen LogP contribution in [0, 0.1) is 0 Å². The maximum absolute atomic E-state index is 6.08. The van der Waals surface area contributed by atoms with Crippen molar-refractivity contribution in [1.82, 2.24) is 0 Å². The molecule has 21 heavy (non-hydrogen) atoms. The zero-order valence-corrected chi connectivity index (χ0v) is 12.5. The highest BCUT2D eigenvalue weighted by Gasteiger charge is 2.54. The first-order chi connectivity index (χ1) is 10.1. The van der Waals surface area contributed by atoms with Crippen molar-refractivity contribution in [3.05, 3.63) is 48.6 Å². The average molecular weight is 290 g/mol. The van der Waals surface area contributed by atoms with Crippen molar-refractivity contribution in [2.75, 3.05) is 0 Å². The van der Waals surface area contributed by atoms with Gasteiger partial charge in [-0.2, -0.15) is 0 Å². The van der Waals surface area contributed by atoms with Gasteiger partial charge in [-0.3, -0.25) is 0 Å². The molecule has 0 aliphatic carbocycles. The molecule has 4 heteroatoms. The first-order valence-corrected chi connectivity index (χ1v) is 7.36. The summed E-state index contributed by atoms with van der Waals surface area (Å²) in [4.78, 5) is 0. The summed E-state index contributed by atoms with van der Waals surface area (Å²) in [6.07, 6.45) is 1.81. The van der Waals surface area contributed by atoms with Crippen LogP contribution in [-0.2, 0) is 25.6 Å². The SMILES string of the molecule is C=CC[C@H]1O[C@@H]2OC(C)(C)O[C@@H]2[C@H]1OCc1ccccc1. The van der Waals surface area contributed by atoms with E-state index < -0.39 is 5.79 Å². The zero-order valence-electron chi connectivity index (χ0n) is 12.5. The van der Waals surface area contributed by atoms with Crippen LogP contribution in [0.25, 0.3) is 0 Å². The molecule has 0 unspecified atom stereocenters. The van der Waals surface area contributed by atoms with Gasteiger partial charge in [0.15, 0.2) is 12.1 Å². The van der Waals surface area contributed by atoms with E-state index in [-0.39, 0.29) is 24.6 Å². The molecule has 0 amide bonds. The standard InChI is InChI=1S/C17H22O4/c1-4-8-13-14(18-11-12-9-6-5-7-10-12)15-16(19-13)21-17(2,3)20-15/h4-7,9-10,13-16H,1,8,11H2,2-3H3/t13-,14+,15-,16-/m1/s1. The van der Waals surface area contributed by atoms with E-state index >= 15 is 0 Å². The van der Waals surface area contributed by atoms with Gasteiger partial charge in [-0.15, -0.1) is 6.58 Å². The van der Waals surface area contributed by atoms with Crippen LogP contribution < -0.4 is 0 Å². The smallest absolute Gasteiger partial charge is 0.190 e. The monoisotopic (exact) mass is 290 g/mol. The van der Waals surface area contributed by atoms with Crippen LogP contribution in [0.2, 0.25) is 0 Å². The minimum Gasteiger partial charge on any atom is -0.368 e. The van der Waals surface area contributed by atoms with Crippen molar-refractivity contribution in [2.45, 2.75) is 57.3 Å². The first-order valence-electron chi connectivity index (χ1n) is 7.36. The lowest BCUT2D eigenvalue weighted by molar-refractivity contribution is -0.218. The van der Waals surface area contributed by atoms with Crippen molar-refractivity contribution < 1.29 is 18.9 Å². The molecule has 0 radical (unpaired) electrons. The van der Waals surface area contributed by atoms with E-state index in [4.69, 9.17) is 18.9 Å². The van der Waals surface area contributed by atoms with Crippen LogP contribution in [-0.4, -0.2) is 30.4 Å². The van der Waals surface area contributed by atoms with Gasteiger partial charge < -0.3 is 18.9 Å². The van der Waals surface area contributed by atoms with E-state index in [1.165, 1.54) is 0 Å². The van der Waals surface area contributed by atoms with Gasteiger partial charge in [0, 0.05) is 0 Å². The van der Waals surface area contributed by atoms with Crippen molar-refractivity contribution >= 4 is 0 Å². The molecule has 2 aliphatic rings. The topological polar surface area (TPSA) is 36.9 Å². The van der Waals surface area contributed by atoms with Crippen LogP contribution in [0.3, 0.4) is 0 Å². The highest BCUT2D eigenvalue weighted by Crippen LogP contribution is 2.39. The van der Waals surface area contributed by atoms with Gasteiger partial charge in [0.25, 0.3) is 0 Å². The third kappa shape index (κ3) is 3.19. The molecule has 4 nitrogen and oxygen atoms in total. The van der Waals surface area contributed by atoms with Gasteiger partial charge in [0.2, 0.25) is 0 Å². The zero-order chi connectivity index (χ0) is 14.9. The van der Waals surface area contributed by atoms with Crippen molar-refractivity contribution in [1.29, 1.82) is 0 Å². The molecular formula is C17H22O4. The van der Waals surface area contributed by atoms with Crippen molar-refractivity contribution in [2.24, 2.45) is 0 Å². The molecule has 2 aliphatic heterocycles. The van der Waals surface area contributed by atoms with Crippen LogP contribution in [0.1, 0.15) is 25.8 Å². The summed E-state index contributed by atoms with van der Waals surface area (Å²) < 4.78 is 23.7. The van der Waals surface area contributed by atoms with Crippen LogP contribution in [0.4, 0.5) is 0 Å². The van der Waals surface area contributed by atoms with Gasteiger partial charge in [-0.25, -0.2) is 0 Å². The lowest BCUT2D eigenvalue weighted by Gasteiger charge is -2.25. The summed E-state index contributed by atoms with van der Waals surface area (Å²) in [5.74, 6) is -0.622. The predicted molar refractivity (Wildman–Crippen MR) is 78.5 cm³/mol. The molecule has 0 aromatic heterocycles. The van der Waals surface area contributed by atoms with E-state index in [1.54, 1.807) is 0 Å². The molecule has 114 valence electrons. The van der Waals surface area contributed by atoms with E-state index in [0.29, 0.717) is 6.61 Å². The number of benzene rings is 1. The fourth-order valence-corrected chi connectivity index (χ4v) is 2.87. The van der Waals surface area contributed by atoms with Crippen LogP contribution >= 0.6 is 0 Å². The van der Waals surface area contributed by atoms with E-state index in [2.05, 4.69) is 6.58 Å². The lowest BCUT2D eigenvalue weighted by atomic mass is 10.1. The summed E-state index contributed by atoms with van der Waals surface area (Å²) in [7, 11) is 0. The fourth-order valence-electron chi connectivity index (χ4n) is 2.87. The molecule has 0 N–H and O–H groups in total. The Morgan fingerprint density at radius 2 is 2.00 bits per heavy atom. The highest BCUT2D eigenvalue weighted by atomic mass is 16.8. The molecule has 2 heterocycles. The Balaban J connectivity index is 1.68. The second kappa shape index (κ2) is 5.89. The van der Waals surface area contributed by atoms with Gasteiger partial charge in [-0.1, -0.05) is 36.4 Å². The van der Waals surface area contributed by atoms with Gasteiger partial charge >= 0.3 is 0 Å². The van der Waals surface area contributed by atoms with E-state index in [0.717, 1.165) is 12.0 Å². The Bertz CT molecular complexity index is 485. The van der Waals surface area contributed by atoms with Gasteiger partial charge in [0.05, 0.1) is 12.7 Å². The molecule has 2 fully saturated rings. The Labute approximate surface area is 125 Å². The number of rotatable bonds is 5. The highest BCUT2D eigenvalue weighted by molar-refractivity contribution is 5.13. The maximum Gasteiger partial charge on any atom is 0.190 e. The third-order valence-corrected chi connectivity index (χ3v) is 3.77. The van der Waals surface area contributed by atoms with Gasteiger partial charge in [0.1, 0.15) is 12.2 Å². The summed E-state index contributed by atoms with van der Waals surface area (Å²) in [6.45, 7) is 8.11. The van der Waals surface area contributed by atoms with E-state index in [9.17, 15) is 0 Å². The second-order valence-electron chi connectivity index (χ2n) is 5.93. The molecule has 0 spiro atoms. The minimum absolute atomic E-state index is 0.0719. The Hall–Kier alpha value is -1.20. The summed E-state index contributed by atoms with van der Waals surface area (Å²) in [5, 5.41) is 0. The van der Waals surface area contributed by atoms with E-state index in [1.807, 2.05) is 50.3 Å². The van der Waals surface area contributed by atoms with Crippen LogP contribution in [0.15, 0.2) is 43.0 Å². The molecule has 1 aromatic rings. The third-order valence-electron chi connectivity index (χ3n) is 3.77. The van der Waals surface area contributed by atoms with Gasteiger partial charge in [-0.05, 0) is 25.8 Å². The molecule has 4 atom stereocenters. The molecule has 0 saturated carbocycles. The predicted octanol–water partition coefficient (Wildman–Crippen LogP) is 3.02. The number of hydrogen-bond donors (Lipinski definition) is 0. The first kappa shape index (κ1) is 14.7. The molecule has 3 rings (SSSR count). The molecular weight excluding hydrogens is 268 g/mol. The quantitative estimate of drug-likeness (QED) is 0.781. The molecule has 1 aromatic carbocycles. The Kier molecular flexibility index (Phi) is 4.13. The maximum atomic E-state index is 6.08. The Morgan fingerprint density at radius 3 is 2.71 bits per heavy atom. The number of fused-ring (bicyclic) bond motifs is 1. The minimum atomic E-state index is -0.622. The summed E-state index contributed by atoms with van der Waals surface area (Å²) in [6, 6.07) is 10.1. The van der Waals surface area contributed by atoms with Crippen LogP contribution in [0.5, 0.6) is 0 Å². The number of ether oxygens (including phenoxy) is 4. The molecule has 0 bridgehead atoms. The summed E-state index contributed by atoms with van der Waals surface area (Å²) in [5.41, 5.74) is 1.14. The second-order valence-corrected chi connectivity index (χ2v) is 5.93. The fraction of sp³-hybridized carbons (Fsp3) is 0.529.